The summed E-state index contributed by atoms with van der Waals surface area (Å²) in [6, 6.07) is 5.06. The highest BCUT2D eigenvalue weighted by Crippen LogP contribution is 2.41. The van der Waals surface area contributed by atoms with E-state index < -0.39 is 17.7 Å². The third kappa shape index (κ3) is 3.88. The van der Waals surface area contributed by atoms with Gasteiger partial charge in [-0.2, -0.15) is 5.10 Å². The third-order valence-corrected chi connectivity index (χ3v) is 5.87. The van der Waals surface area contributed by atoms with Crippen LogP contribution in [0.1, 0.15) is 20.8 Å². The lowest BCUT2D eigenvalue weighted by atomic mass is 10.1. The van der Waals surface area contributed by atoms with Crippen molar-refractivity contribution in [2.45, 2.75) is 25.9 Å². The number of carbonyl (C=O) groups excluding carboxylic acids is 1. The van der Waals surface area contributed by atoms with Crippen molar-refractivity contribution in [2.24, 2.45) is 5.73 Å². The molecule has 4 rings (SSSR count). The lowest BCUT2D eigenvalue weighted by Crippen LogP contribution is -2.41. The van der Waals surface area contributed by atoms with Crippen LogP contribution in [0, 0.1) is 18.6 Å². The number of halogens is 2. The Morgan fingerprint density at radius 3 is 2.97 bits per heavy atom. The van der Waals surface area contributed by atoms with Gasteiger partial charge in [0.15, 0.2) is 16.7 Å². The van der Waals surface area contributed by atoms with Crippen LogP contribution in [0.15, 0.2) is 30.5 Å². The zero-order chi connectivity index (χ0) is 20.5. The molecule has 1 aliphatic rings. The fourth-order valence-corrected chi connectivity index (χ4v) is 4.32. The summed E-state index contributed by atoms with van der Waals surface area (Å²) in [4.78, 5) is 13.3. The molecule has 9 heteroatoms. The number of nitrogens with zero attached hydrogens (tertiary/aromatic N) is 2. The van der Waals surface area contributed by atoms with Gasteiger partial charge in [-0.25, -0.2) is 8.78 Å². The van der Waals surface area contributed by atoms with Gasteiger partial charge in [-0.3, -0.25) is 9.48 Å². The number of aromatic nitrogens is 2. The standard InChI is InChI=1S/C20H20F2N4O2S/c1-11-10-24-26-4-5-28-20-14(18(11)26)8-17(29-20)19(27)25-13(9-23)6-12-2-3-15(21)16(22)7-12/h2-3,7-8,10,13H,4-6,9,23H2,1H3,(H,25,27)/t13-/m0/s1. The van der Waals surface area contributed by atoms with Crippen molar-refractivity contribution in [2.75, 3.05) is 13.2 Å². The van der Waals surface area contributed by atoms with Crippen LogP contribution in [0.2, 0.25) is 0 Å². The maximum atomic E-state index is 13.4. The summed E-state index contributed by atoms with van der Waals surface area (Å²) in [6.45, 7) is 3.26. The monoisotopic (exact) mass is 418 g/mol. The van der Waals surface area contributed by atoms with Gasteiger partial charge < -0.3 is 15.8 Å². The van der Waals surface area contributed by atoms with Crippen molar-refractivity contribution in [3.05, 3.63) is 58.1 Å². The highest BCUT2D eigenvalue weighted by Gasteiger charge is 2.24. The SMILES string of the molecule is Cc1cnn2c1-c1cc(C(=O)N[C@H](CN)Cc3ccc(F)c(F)c3)sc1OCC2. The van der Waals surface area contributed by atoms with Crippen molar-refractivity contribution >= 4 is 17.2 Å². The molecule has 0 fully saturated rings. The second kappa shape index (κ2) is 7.92. The molecule has 0 saturated carbocycles. The molecular weight excluding hydrogens is 398 g/mol. The van der Waals surface area contributed by atoms with E-state index in [9.17, 15) is 13.6 Å². The second-order valence-corrected chi connectivity index (χ2v) is 7.93. The van der Waals surface area contributed by atoms with Gasteiger partial charge in [-0.1, -0.05) is 17.4 Å². The van der Waals surface area contributed by atoms with E-state index in [0.29, 0.717) is 35.1 Å². The Morgan fingerprint density at radius 1 is 1.38 bits per heavy atom. The third-order valence-electron chi connectivity index (χ3n) is 4.82. The first-order chi connectivity index (χ1) is 14.0. The molecule has 1 atom stereocenters. The van der Waals surface area contributed by atoms with E-state index >= 15 is 0 Å². The van der Waals surface area contributed by atoms with Gasteiger partial charge >= 0.3 is 0 Å². The van der Waals surface area contributed by atoms with Crippen molar-refractivity contribution in [3.8, 4) is 16.3 Å². The predicted molar refractivity (Wildman–Crippen MR) is 106 cm³/mol. The fraction of sp³-hybridized carbons (Fsp3) is 0.300. The van der Waals surface area contributed by atoms with Gasteiger partial charge in [0, 0.05) is 12.6 Å². The Bertz CT molecular complexity index is 1060. The number of fused-ring (bicyclic) bond motifs is 3. The minimum absolute atomic E-state index is 0.165. The van der Waals surface area contributed by atoms with Crippen LogP contribution in [0.25, 0.3) is 11.3 Å². The summed E-state index contributed by atoms with van der Waals surface area (Å²) in [5.74, 6) is -2.11. The van der Waals surface area contributed by atoms with Crippen molar-refractivity contribution in [1.82, 2.24) is 15.1 Å². The van der Waals surface area contributed by atoms with Gasteiger partial charge in [-0.15, -0.1) is 0 Å². The van der Waals surface area contributed by atoms with Crippen molar-refractivity contribution < 1.29 is 18.3 Å². The normalized spacial score (nSPS) is 13.8. The Hall–Kier alpha value is -2.78. The highest BCUT2D eigenvalue weighted by molar-refractivity contribution is 7.16. The summed E-state index contributed by atoms with van der Waals surface area (Å²) in [5.41, 5.74) is 9.15. The first-order valence-electron chi connectivity index (χ1n) is 9.20. The van der Waals surface area contributed by atoms with Crippen molar-refractivity contribution in [1.29, 1.82) is 0 Å². The first kappa shape index (κ1) is 19.5. The van der Waals surface area contributed by atoms with Gasteiger partial charge in [0.25, 0.3) is 5.91 Å². The molecule has 29 heavy (non-hydrogen) atoms. The van der Waals surface area contributed by atoms with E-state index in [2.05, 4.69) is 10.4 Å². The van der Waals surface area contributed by atoms with Crippen LogP contribution in [0.3, 0.4) is 0 Å². The number of benzene rings is 1. The topological polar surface area (TPSA) is 82.2 Å². The lowest BCUT2D eigenvalue weighted by Gasteiger charge is -2.16. The lowest BCUT2D eigenvalue weighted by molar-refractivity contribution is 0.0942. The van der Waals surface area contributed by atoms with Crippen LogP contribution >= 0.6 is 11.3 Å². The van der Waals surface area contributed by atoms with Crippen LogP contribution < -0.4 is 15.8 Å². The van der Waals surface area contributed by atoms with E-state index in [1.165, 1.54) is 17.4 Å². The molecule has 1 aromatic carbocycles. The smallest absolute Gasteiger partial charge is 0.261 e. The van der Waals surface area contributed by atoms with Crippen molar-refractivity contribution in [3.63, 3.8) is 0 Å². The van der Waals surface area contributed by atoms with Gasteiger partial charge in [0.2, 0.25) is 0 Å². The summed E-state index contributed by atoms with van der Waals surface area (Å²) >= 11 is 1.27. The molecule has 2 aromatic heterocycles. The van der Waals surface area contributed by atoms with Crippen LogP contribution in [0.4, 0.5) is 8.78 Å². The number of rotatable bonds is 5. The van der Waals surface area contributed by atoms with E-state index in [1.54, 1.807) is 12.3 Å². The van der Waals surface area contributed by atoms with Gasteiger partial charge in [0.1, 0.15) is 6.61 Å². The molecule has 0 spiro atoms. The maximum absolute atomic E-state index is 13.4. The minimum atomic E-state index is -0.921. The number of hydrogen-bond donors (Lipinski definition) is 2. The Morgan fingerprint density at radius 2 is 2.21 bits per heavy atom. The molecule has 152 valence electrons. The second-order valence-electron chi connectivity index (χ2n) is 6.92. The van der Waals surface area contributed by atoms with Gasteiger partial charge in [-0.05, 0) is 42.7 Å². The number of nitrogens with two attached hydrogens (primary N) is 1. The molecule has 6 nitrogen and oxygen atoms in total. The molecule has 0 radical (unpaired) electrons. The average Bonchev–Trinajstić information content (AvgIpc) is 3.23. The number of ether oxygens (including phenoxy) is 1. The summed E-state index contributed by atoms with van der Waals surface area (Å²) < 4.78 is 34.2. The van der Waals surface area contributed by atoms with Crippen LogP contribution in [-0.4, -0.2) is 34.9 Å². The quantitative estimate of drug-likeness (QED) is 0.668. The molecule has 0 saturated heterocycles. The number of carbonyl (C=O) groups is 1. The Balaban J connectivity index is 1.53. The zero-order valence-corrected chi connectivity index (χ0v) is 16.6. The summed E-state index contributed by atoms with van der Waals surface area (Å²) in [7, 11) is 0. The Labute approximate surface area is 170 Å². The fourth-order valence-electron chi connectivity index (χ4n) is 3.38. The van der Waals surface area contributed by atoms with Crippen LogP contribution in [-0.2, 0) is 13.0 Å². The molecule has 0 aliphatic carbocycles. The zero-order valence-electron chi connectivity index (χ0n) is 15.7. The number of nitrogens with one attached hydrogen (secondary N) is 1. The Kier molecular flexibility index (Phi) is 5.33. The average molecular weight is 418 g/mol. The molecule has 0 unspecified atom stereocenters. The molecule has 1 amide bonds. The highest BCUT2D eigenvalue weighted by atomic mass is 32.1. The largest absolute Gasteiger partial charge is 0.481 e. The van der Waals surface area contributed by atoms with E-state index in [0.717, 1.165) is 29.0 Å². The number of hydrogen-bond acceptors (Lipinski definition) is 5. The van der Waals surface area contributed by atoms with E-state index in [-0.39, 0.29) is 12.5 Å². The predicted octanol–water partition coefficient (Wildman–Crippen LogP) is 2.89. The van der Waals surface area contributed by atoms with E-state index in [4.69, 9.17) is 10.5 Å². The maximum Gasteiger partial charge on any atom is 0.261 e. The number of thiophene rings is 1. The summed E-state index contributed by atoms with van der Waals surface area (Å²) in [5, 5.41) is 7.92. The van der Waals surface area contributed by atoms with E-state index in [1.807, 2.05) is 11.6 Å². The first-order valence-corrected chi connectivity index (χ1v) is 10.0. The molecule has 3 aromatic rings. The summed E-state index contributed by atoms with van der Waals surface area (Å²) in [6.07, 6.45) is 2.10. The minimum Gasteiger partial charge on any atom is -0.481 e. The molecule has 3 N–H and O–H groups in total. The van der Waals surface area contributed by atoms with Gasteiger partial charge in [0.05, 0.1) is 28.9 Å². The molecule has 3 heterocycles. The molecular formula is C20H20F2N4O2S. The number of aryl methyl sites for hydroxylation is 1. The van der Waals surface area contributed by atoms with Crippen LogP contribution in [0.5, 0.6) is 5.06 Å². The molecule has 0 bridgehead atoms. The number of amides is 1. The molecule has 1 aliphatic heterocycles.